The second-order valence-electron chi connectivity index (χ2n) is 7.41. The van der Waals surface area contributed by atoms with Crippen molar-refractivity contribution in [2.24, 2.45) is 0 Å². The SMILES string of the molecule is CCCC(=Cc1c(-c2cccc(NC(C)=O)c2)ccnc1C)c1cccc(C)c1. The number of carbonyl (C=O) groups excluding carboxylic acids is 1. The van der Waals surface area contributed by atoms with Crippen molar-refractivity contribution in [1.29, 1.82) is 0 Å². The Morgan fingerprint density at radius 2 is 1.86 bits per heavy atom. The number of anilines is 1. The van der Waals surface area contributed by atoms with Crippen LogP contribution in [-0.4, -0.2) is 10.9 Å². The summed E-state index contributed by atoms with van der Waals surface area (Å²) < 4.78 is 0. The van der Waals surface area contributed by atoms with Crippen LogP contribution in [0.2, 0.25) is 0 Å². The zero-order valence-electron chi connectivity index (χ0n) is 17.6. The number of aromatic nitrogens is 1. The summed E-state index contributed by atoms with van der Waals surface area (Å²) in [6.45, 7) is 7.90. The molecule has 29 heavy (non-hydrogen) atoms. The second-order valence-corrected chi connectivity index (χ2v) is 7.41. The summed E-state index contributed by atoms with van der Waals surface area (Å²) in [4.78, 5) is 16.0. The van der Waals surface area contributed by atoms with E-state index in [0.717, 1.165) is 40.9 Å². The van der Waals surface area contributed by atoms with E-state index in [9.17, 15) is 4.79 Å². The zero-order valence-corrected chi connectivity index (χ0v) is 17.6. The second kappa shape index (κ2) is 9.33. The zero-order chi connectivity index (χ0) is 20.8. The molecule has 3 rings (SSSR count). The number of nitrogens with zero attached hydrogens (tertiary/aromatic N) is 1. The van der Waals surface area contributed by atoms with Crippen LogP contribution in [-0.2, 0) is 4.79 Å². The molecule has 0 unspecified atom stereocenters. The quantitative estimate of drug-likeness (QED) is 0.516. The molecule has 2 aromatic carbocycles. The predicted octanol–water partition coefficient (Wildman–Crippen LogP) is 6.66. The van der Waals surface area contributed by atoms with Crippen LogP contribution in [0, 0.1) is 13.8 Å². The fraction of sp³-hybridized carbons (Fsp3) is 0.231. The molecule has 3 heteroatoms. The summed E-state index contributed by atoms with van der Waals surface area (Å²) in [7, 11) is 0. The Hall–Kier alpha value is -3.20. The molecule has 0 aliphatic heterocycles. The van der Waals surface area contributed by atoms with Crippen molar-refractivity contribution in [1.82, 2.24) is 4.98 Å². The highest BCUT2D eigenvalue weighted by Crippen LogP contribution is 2.32. The van der Waals surface area contributed by atoms with E-state index in [0.29, 0.717) is 0 Å². The van der Waals surface area contributed by atoms with E-state index in [1.54, 1.807) is 0 Å². The van der Waals surface area contributed by atoms with E-state index in [1.165, 1.54) is 23.6 Å². The maximum atomic E-state index is 11.5. The van der Waals surface area contributed by atoms with Crippen LogP contribution in [0.3, 0.4) is 0 Å². The van der Waals surface area contributed by atoms with Crippen molar-refractivity contribution >= 4 is 23.2 Å². The Labute approximate surface area is 173 Å². The van der Waals surface area contributed by atoms with Gasteiger partial charge in [0, 0.05) is 30.1 Å². The first-order chi connectivity index (χ1) is 14.0. The average Bonchev–Trinajstić information content (AvgIpc) is 2.68. The van der Waals surface area contributed by atoms with Gasteiger partial charge in [-0.15, -0.1) is 0 Å². The number of amides is 1. The number of allylic oxidation sites excluding steroid dienone is 1. The van der Waals surface area contributed by atoms with Gasteiger partial charge in [0.05, 0.1) is 0 Å². The summed E-state index contributed by atoms with van der Waals surface area (Å²) in [6.07, 6.45) is 6.20. The summed E-state index contributed by atoms with van der Waals surface area (Å²) >= 11 is 0. The lowest BCUT2D eigenvalue weighted by molar-refractivity contribution is -0.114. The molecular weight excluding hydrogens is 356 g/mol. The molecule has 0 bridgehead atoms. The number of hydrogen-bond donors (Lipinski definition) is 1. The number of hydrogen-bond acceptors (Lipinski definition) is 2. The third kappa shape index (κ3) is 5.20. The van der Waals surface area contributed by atoms with Gasteiger partial charge < -0.3 is 5.32 Å². The number of nitrogens with one attached hydrogen (secondary N) is 1. The van der Waals surface area contributed by atoms with Gasteiger partial charge in [0.25, 0.3) is 0 Å². The van der Waals surface area contributed by atoms with Gasteiger partial charge in [0.15, 0.2) is 0 Å². The highest BCUT2D eigenvalue weighted by atomic mass is 16.1. The summed E-state index contributed by atoms with van der Waals surface area (Å²) in [6, 6.07) is 18.7. The number of carbonyl (C=O) groups is 1. The molecule has 1 aromatic heterocycles. The fourth-order valence-corrected chi connectivity index (χ4v) is 3.57. The van der Waals surface area contributed by atoms with Gasteiger partial charge in [-0.05, 0) is 66.8 Å². The number of aryl methyl sites for hydroxylation is 2. The van der Waals surface area contributed by atoms with Crippen LogP contribution < -0.4 is 5.32 Å². The molecule has 0 saturated heterocycles. The molecular formula is C26H28N2O. The van der Waals surface area contributed by atoms with Gasteiger partial charge in [-0.3, -0.25) is 9.78 Å². The van der Waals surface area contributed by atoms with E-state index in [4.69, 9.17) is 0 Å². The van der Waals surface area contributed by atoms with Gasteiger partial charge in [0.2, 0.25) is 5.91 Å². The fourth-order valence-electron chi connectivity index (χ4n) is 3.57. The highest BCUT2D eigenvalue weighted by Gasteiger charge is 2.10. The van der Waals surface area contributed by atoms with Gasteiger partial charge >= 0.3 is 0 Å². The molecule has 0 aliphatic carbocycles. The maximum absolute atomic E-state index is 11.5. The smallest absolute Gasteiger partial charge is 0.221 e. The van der Waals surface area contributed by atoms with Crippen molar-refractivity contribution in [2.75, 3.05) is 5.32 Å². The Balaban J connectivity index is 2.13. The number of rotatable bonds is 6. The van der Waals surface area contributed by atoms with E-state index >= 15 is 0 Å². The Bertz CT molecular complexity index is 1050. The van der Waals surface area contributed by atoms with E-state index in [2.05, 4.69) is 60.6 Å². The number of pyridine rings is 1. The van der Waals surface area contributed by atoms with Gasteiger partial charge in [-0.1, -0.05) is 55.3 Å². The molecule has 3 nitrogen and oxygen atoms in total. The third-order valence-electron chi connectivity index (χ3n) is 4.91. The molecule has 0 radical (unpaired) electrons. The monoisotopic (exact) mass is 384 g/mol. The topological polar surface area (TPSA) is 42.0 Å². The van der Waals surface area contributed by atoms with Crippen LogP contribution in [0.15, 0.2) is 60.8 Å². The Kier molecular flexibility index (Phi) is 6.61. The first-order valence-corrected chi connectivity index (χ1v) is 10.1. The molecule has 148 valence electrons. The first kappa shape index (κ1) is 20.5. The molecule has 0 fully saturated rings. The summed E-state index contributed by atoms with van der Waals surface area (Å²) in [5, 5.41) is 2.87. The van der Waals surface area contributed by atoms with Crippen molar-refractivity contribution in [3.63, 3.8) is 0 Å². The summed E-state index contributed by atoms with van der Waals surface area (Å²) in [5.41, 5.74) is 8.92. The largest absolute Gasteiger partial charge is 0.326 e. The number of benzene rings is 2. The molecule has 0 spiro atoms. The molecule has 1 heterocycles. The Morgan fingerprint density at radius 1 is 1.07 bits per heavy atom. The molecule has 1 N–H and O–H groups in total. The minimum Gasteiger partial charge on any atom is -0.326 e. The first-order valence-electron chi connectivity index (χ1n) is 10.1. The van der Waals surface area contributed by atoms with E-state index in [1.807, 2.05) is 37.4 Å². The lowest BCUT2D eigenvalue weighted by Crippen LogP contribution is -2.05. The normalized spacial score (nSPS) is 11.4. The maximum Gasteiger partial charge on any atom is 0.221 e. The van der Waals surface area contributed by atoms with Crippen LogP contribution in [0.4, 0.5) is 5.69 Å². The molecule has 0 aliphatic rings. The van der Waals surface area contributed by atoms with Crippen molar-refractivity contribution in [2.45, 2.75) is 40.5 Å². The van der Waals surface area contributed by atoms with Crippen LogP contribution in [0.1, 0.15) is 49.1 Å². The standard InChI is InChI=1S/C26H28N2O/c1-5-8-21(22-10-6-9-18(2)15-22)17-26-19(3)27-14-13-25(26)23-11-7-12-24(16-23)28-20(4)29/h6-7,9-17H,5,8H2,1-4H3,(H,28,29). The van der Waals surface area contributed by atoms with Crippen LogP contribution >= 0.6 is 0 Å². The molecule has 0 saturated carbocycles. The van der Waals surface area contributed by atoms with Crippen molar-refractivity contribution in [3.8, 4) is 11.1 Å². The Morgan fingerprint density at radius 3 is 2.59 bits per heavy atom. The van der Waals surface area contributed by atoms with Crippen molar-refractivity contribution < 1.29 is 4.79 Å². The minimum atomic E-state index is -0.0714. The third-order valence-corrected chi connectivity index (χ3v) is 4.91. The molecule has 3 aromatic rings. The van der Waals surface area contributed by atoms with Crippen molar-refractivity contribution in [3.05, 3.63) is 83.2 Å². The molecule has 1 amide bonds. The van der Waals surface area contributed by atoms with Crippen LogP contribution in [0.5, 0.6) is 0 Å². The lowest BCUT2D eigenvalue weighted by atomic mass is 9.93. The van der Waals surface area contributed by atoms with E-state index < -0.39 is 0 Å². The average molecular weight is 385 g/mol. The van der Waals surface area contributed by atoms with Gasteiger partial charge in [-0.2, -0.15) is 0 Å². The van der Waals surface area contributed by atoms with Gasteiger partial charge in [-0.25, -0.2) is 0 Å². The highest BCUT2D eigenvalue weighted by molar-refractivity contribution is 5.91. The van der Waals surface area contributed by atoms with Crippen LogP contribution in [0.25, 0.3) is 22.8 Å². The lowest BCUT2D eigenvalue weighted by Gasteiger charge is -2.14. The molecule has 0 atom stereocenters. The minimum absolute atomic E-state index is 0.0714. The predicted molar refractivity (Wildman–Crippen MR) is 123 cm³/mol. The van der Waals surface area contributed by atoms with E-state index in [-0.39, 0.29) is 5.91 Å². The summed E-state index contributed by atoms with van der Waals surface area (Å²) in [5.74, 6) is -0.0714. The van der Waals surface area contributed by atoms with Gasteiger partial charge in [0.1, 0.15) is 0 Å².